The average Bonchev–Trinajstić information content (AvgIpc) is 3.22. The molecule has 0 spiro atoms. The molecule has 2 N–H and O–H groups in total. The number of fused-ring (bicyclic) bond motifs is 1. The van der Waals surface area contributed by atoms with Crippen LogP contribution < -0.4 is 20.1 Å². The van der Waals surface area contributed by atoms with E-state index in [0.717, 1.165) is 25.7 Å². The van der Waals surface area contributed by atoms with E-state index in [2.05, 4.69) is 20.6 Å². The van der Waals surface area contributed by atoms with Gasteiger partial charge in [-0.1, -0.05) is 31.4 Å². The zero-order valence-corrected chi connectivity index (χ0v) is 22.0. The Morgan fingerprint density at radius 3 is 2.60 bits per heavy atom. The van der Waals surface area contributed by atoms with Gasteiger partial charge in [-0.15, -0.1) is 0 Å². The zero-order chi connectivity index (χ0) is 28.4. The molecule has 2 aliphatic rings. The maximum atomic E-state index is 13.8. The summed E-state index contributed by atoms with van der Waals surface area (Å²) >= 11 is 0. The lowest BCUT2D eigenvalue weighted by molar-refractivity contribution is -0.139. The SMILES string of the molecule is COc1cc(C(=O)NC2CCCCC2)ccc1Nc1ncc(C(F)(F)F)c(Oc2cccc3c2C(=O)N(C)C3)n1. The highest BCUT2D eigenvalue weighted by atomic mass is 19.4. The number of carbonyl (C=O) groups is 2. The van der Waals surface area contributed by atoms with Crippen molar-refractivity contribution in [3.8, 4) is 17.4 Å². The van der Waals surface area contributed by atoms with Gasteiger partial charge in [0.1, 0.15) is 17.1 Å². The maximum Gasteiger partial charge on any atom is 0.423 e. The van der Waals surface area contributed by atoms with Crippen molar-refractivity contribution in [2.45, 2.75) is 50.9 Å². The molecule has 2 heterocycles. The Labute approximate surface area is 228 Å². The van der Waals surface area contributed by atoms with E-state index in [1.165, 1.54) is 30.6 Å². The number of anilines is 2. The van der Waals surface area contributed by atoms with Gasteiger partial charge in [0.15, 0.2) is 0 Å². The summed E-state index contributed by atoms with van der Waals surface area (Å²) in [4.78, 5) is 34.6. The summed E-state index contributed by atoms with van der Waals surface area (Å²) in [5.74, 6) is -1.30. The molecule has 9 nitrogen and oxygen atoms in total. The van der Waals surface area contributed by atoms with E-state index < -0.39 is 17.6 Å². The predicted octanol–water partition coefficient (Wildman–Crippen LogP) is 5.69. The van der Waals surface area contributed by atoms with Crippen LogP contribution in [0.2, 0.25) is 0 Å². The van der Waals surface area contributed by atoms with Crippen molar-refractivity contribution in [2.75, 3.05) is 19.5 Å². The summed E-state index contributed by atoms with van der Waals surface area (Å²) in [5, 5.41) is 5.88. The molecule has 1 aromatic heterocycles. The number of nitrogens with one attached hydrogen (secondary N) is 2. The number of amides is 2. The first-order chi connectivity index (χ1) is 19.1. The summed E-state index contributed by atoms with van der Waals surface area (Å²) in [6, 6.07) is 9.56. The molecule has 2 aromatic carbocycles. The fourth-order valence-corrected chi connectivity index (χ4v) is 4.93. The van der Waals surface area contributed by atoms with Crippen molar-refractivity contribution >= 4 is 23.5 Å². The van der Waals surface area contributed by atoms with Gasteiger partial charge in [-0.25, -0.2) is 4.98 Å². The smallest absolute Gasteiger partial charge is 0.423 e. The van der Waals surface area contributed by atoms with Gasteiger partial charge in [-0.05, 0) is 42.7 Å². The molecule has 0 atom stereocenters. The van der Waals surface area contributed by atoms with Crippen LogP contribution in [0, 0.1) is 0 Å². The number of aromatic nitrogens is 2. The number of halogens is 3. The lowest BCUT2D eigenvalue weighted by Crippen LogP contribution is -2.36. The van der Waals surface area contributed by atoms with Gasteiger partial charge in [0.05, 0.1) is 18.4 Å². The van der Waals surface area contributed by atoms with Gasteiger partial charge in [0, 0.05) is 31.4 Å². The highest BCUT2D eigenvalue weighted by Gasteiger charge is 2.37. The van der Waals surface area contributed by atoms with E-state index in [0.29, 0.717) is 29.6 Å². The minimum absolute atomic E-state index is 0.0343. The van der Waals surface area contributed by atoms with Crippen molar-refractivity contribution in [1.29, 1.82) is 0 Å². The lowest BCUT2D eigenvalue weighted by atomic mass is 9.95. The summed E-state index contributed by atoms with van der Waals surface area (Å²) in [7, 11) is 3.01. The molecule has 0 saturated heterocycles. The third-order valence-electron chi connectivity index (χ3n) is 7.00. The molecule has 2 amide bonds. The second-order valence-corrected chi connectivity index (χ2v) is 9.81. The summed E-state index contributed by atoms with van der Waals surface area (Å²) in [6.07, 6.45) is 1.01. The molecule has 1 aliphatic carbocycles. The molecular weight excluding hydrogens is 527 g/mol. The van der Waals surface area contributed by atoms with Crippen LogP contribution in [0.4, 0.5) is 24.8 Å². The zero-order valence-electron chi connectivity index (χ0n) is 22.0. The number of carbonyl (C=O) groups excluding carboxylic acids is 2. The van der Waals surface area contributed by atoms with Gasteiger partial charge in [-0.2, -0.15) is 18.2 Å². The van der Waals surface area contributed by atoms with Crippen LogP contribution in [0.1, 0.15) is 63.9 Å². The van der Waals surface area contributed by atoms with Crippen molar-refractivity contribution in [1.82, 2.24) is 20.2 Å². The Balaban J connectivity index is 1.41. The van der Waals surface area contributed by atoms with Crippen LogP contribution in [0.15, 0.2) is 42.6 Å². The first kappa shape index (κ1) is 27.2. The highest BCUT2D eigenvalue weighted by Crippen LogP contribution is 2.40. The minimum Gasteiger partial charge on any atom is -0.495 e. The van der Waals surface area contributed by atoms with Gasteiger partial charge < -0.3 is 25.0 Å². The van der Waals surface area contributed by atoms with E-state index in [9.17, 15) is 22.8 Å². The fraction of sp³-hybridized carbons (Fsp3) is 0.357. The highest BCUT2D eigenvalue weighted by molar-refractivity contribution is 6.01. The molecule has 1 aliphatic heterocycles. The summed E-state index contributed by atoms with van der Waals surface area (Å²) in [5.41, 5.74) is 0.354. The standard InChI is InChI=1S/C28H28F3N5O4/c1-36-15-17-7-6-10-21(23(17)26(36)38)40-25-19(28(29,30)31)14-32-27(35-25)34-20-12-11-16(13-22(20)39-2)24(37)33-18-8-4-3-5-9-18/h6-7,10-14,18H,3-5,8-9,15H2,1-2H3,(H,33,37)(H,32,34,35). The van der Waals surface area contributed by atoms with E-state index in [1.54, 1.807) is 31.3 Å². The summed E-state index contributed by atoms with van der Waals surface area (Å²) < 4.78 is 52.5. The predicted molar refractivity (Wildman–Crippen MR) is 140 cm³/mol. The minimum atomic E-state index is -4.81. The fourth-order valence-electron chi connectivity index (χ4n) is 4.93. The maximum absolute atomic E-state index is 13.8. The van der Waals surface area contributed by atoms with Gasteiger partial charge >= 0.3 is 6.18 Å². The number of hydrogen-bond donors (Lipinski definition) is 2. The van der Waals surface area contributed by atoms with Crippen LogP contribution in [0.5, 0.6) is 17.4 Å². The van der Waals surface area contributed by atoms with Crippen molar-refractivity contribution in [3.05, 3.63) is 64.8 Å². The van der Waals surface area contributed by atoms with Crippen molar-refractivity contribution < 1.29 is 32.2 Å². The Morgan fingerprint density at radius 1 is 1.10 bits per heavy atom. The van der Waals surface area contributed by atoms with E-state index >= 15 is 0 Å². The first-order valence-electron chi connectivity index (χ1n) is 12.9. The number of benzene rings is 2. The topological polar surface area (TPSA) is 106 Å². The van der Waals surface area contributed by atoms with Crippen LogP contribution in [0.25, 0.3) is 0 Å². The molecule has 12 heteroatoms. The normalized spacial score (nSPS) is 15.5. The first-order valence-corrected chi connectivity index (χ1v) is 12.9. The Bertz CT molecular complexity index is 1440. The van der Waals surface area contributed by atoms with Crippen LogP contribution in [-0.2, 0) is 12.7 Å². The molecule has 0 unspecified atom stereocenters. The average molecular weight is 556 g/mol. The van der Waals surface area contributed by atoms with Crippen molar-refractivity contribution in [3.63, 3.8) is 0 Å². The van der Waals surface area contributed by atoms with Crippen LogP contribution >= 0.6 is 0 Å². The second-order valence-electron chi connectivity index (χ2n) is 9.81. The van der Waals surface area contributed by atoms with Gasteiger partial charge in [0.2, 0.25) is 11.8 Å². The largest absolute Gasteiger partial charge is 0.495 e. The molecule has 210 valence electrons. The van der Waals surface area contributed by atoms with E-state index in [4.69, 9.17) is 9.47 Å². The quantitative estimate of drug-likeness (QED) is 0.386. The van der Waals surface area contributed by atoms with Gasteiger partial charge in [0.25, 0.3) is 11.8 Å². The van der Waals surface area contributed by atoms with Crippen molar-refractivity contribution in [2.24, 2.45) is 0 Å². The molecule has 1 fully saturated rings. The van der Waals surface area contributed by atoms with Crippen LogP contribution in [-0.4, -0.2) is 46.9 Å². The molecule has 0 bridgehead atoms. The third kappa shape index (κ3) is 5.65. The number of hydrogen-bond acceptors (Lipinski definition) is 7. The number of alkyl halides is 3. The lowest BCUT2D eigenvalue weighted by Gasteiger charge is -2.23. The monoisotopic (exact) mass is 555 g/mol. The molecule has 3 aromatic rings. The molecule has 1 saturated carbocycles. The Kier molecular flexibility index (Phi) is 7.51. The molecule has 0 radical (unpaired) electrons. The molecule has 40 heavy (non-hydrogen) atoms. The van der Waals surface area contributed by atoms with E-state index in [1.807, 2.05) is 0 Å². The number of methoxy groups -OCH3 is 1. The number of nitrogens with zero attached hydrogens (tertiary/aromatic N) is 3. The van der Waals surface area contributed by atoms with Gasteiger partial charge in [-0.3, -0.25) is 9.59 Å². The number of ether oxygens (including phenoxy) is 2. The Morgan fingerprint density at radius 2 is 1.88 bits per heavy atom. The van der Waals surface area contributed by atoms with E-state index in [-0.39, 0.29) is 40.9 Å². The second kappa shape index (κ2) is 11.0. The molecular formula is C28H28F3N5O4. The Hall–Kier alpha value is -4.35. The summed E-state index contributed by atoms with van der Waals surface area (Å²) in [6.45, 7) is 0.322. The van der Waals surface area contributed by atoms with Crippen LogP contribution in [0.3, 0.4) is 0 Å². The number of rotatable bonds is 7. The third-order valence-corrected chi connectivity index (χ3v) is 7.00. The molecule has 5 rings (SSSR count).